The van der Waals surface area contributed by atoms with Crippen molar-refractivity contribution in [1.29, 1.82) is 0 Å². The Morgan fingerprint density at radius 3 is 2.92 bits per heavy atom. The number of rotatable bonds is 4. The highest BCUT2D eigenvalue weighted by Crippen LogP contribution is 2.34. The maximum Gasteiger partial charge on any atom is 0.155 e. The normalized spacial score (nSPS) is 27.6. The highest BCUT2D eigenvalue weighted by Gasteiger charge is 2.24. The highest BCUT2D eigenvalue weighted by atomic mass is 16.1. The molecule has 2 heteroatoms. The van der Waals surface area contributed by atoms with E-state index in [2.05, 4.69) is 6.92 Å². The molecule has 0 amide bonds. The third-order valence-electron chi connectivity index (χ3n) is 2.68. The molecule has 0 bridgehead atoms. The molecule has 0 saturated carbocycles. The second-order valence-corrected chi connectivity index (χ2v) is 4.01. The molecule has 1 aliphatic rings. The quantitative estimate of drug-likeness (QED) is 0.491. The lowest BCUT2D eigenvalue weighted by molar-refractivity contribution is -0.115. The minimum Gasteiger partial charge on any atom is -0.303 e. The Morgan fingerprint density at radius 2 is 2.38 bits per heavy atom. The van der Waals surface area contributed by atoms with Crippen molar-refractivity contribution < 1.29 is 9.59 Å². The average molecular weight is 180 g/mol. The molecule has 0 aliphatic heterocycles. The van der Waals surface area contributed by atoms with Crippen LogP contribution in [-0.2, 0) is 9.59 Å². The number of allylic oxidation sites excluding steroid dienone is 2. The molecule has 0 N–H and O–H groups in total. The van der Waals surface area contributed by atoms with E-state index in [1.807, 2.05) is 6.08 Å². The van der Waals surface area contributed by atoms with Crippen LogP contribution in [0.5, 0.6) is 0 Å². The van der Waals surface area contributed by atoms with E-state index >= 15 is 0 Å². The fourth-order valence-corrected chi connectivity index (χ4v) is 1.67. The van der Waals surface area contributed by atoms with E-state index in [-0.39, 0.29) is 11.2 Å². The zero-order chi connectivity index (χ0) is 9.73. The third-order valence-corrected chi connectivity index (χ3v) is 2.68. The molecule has 0 saturated heterocycles. The van der Waals surface area contributed by atoms with Crippen LogP contribution in [0.25, 0.3) is 0 Å². The Bertz CT molecular complexity index is 230. The van der Waals surface area contributed by atoms with Crippen LogP contribution in [0.15, 0.2) is 12.2 Å². The molecule has 1 aliphatic carbocycles. The molecule has 0 aromatic carbocycles. The van der Waals surface area contributed by atoms with Gasteiger partial charge in [-0.2, -0.15) is 0 Å². The first-order valence-corrected chi connectivity index (χ1v) is 4.82. The van der Waals surface area contributed by atoms with Gasteiger partial charge in [0.25, 0.3) is 0 Å². The van der Waals surface area contributed by atoms with E-state index in [0.29, 0.717) is 12.8 Å². The zero-order valence-electron chi connectivity index (χ0n) is 8.08. The number of aldehydes is 1. The van der Waals surface area contributed by atoms with Crippen molar-refractivity contribution in [2.45, 2.75) is 39.0 Å². The number of hydrogen-bond acceptors (Lipinski definition) is 2. The Hall–Kier alpha value is -0.920. The molecule has 72 valence electrons. The standard InChI is InChI=1S/C11H16O2/c1-11(6-2-3-9-12)7-4-10(13)5-8-11/h4,7,9H,2-3,5-6,8H2,1H3. The summed E-state index contributed by atoms with van der Waals surface area (Å²) in [5.41, 5.74) is 0.150. The molecule has 0 aromatic heterocycles. The van der Waals surface area contributed by atoms with Crippen molar-refractivity contribution in [3.63, 3.8) is 0 Å². The first-order chi connectivity index (χ1) is 6.16. The first-order valence-electron chi connectivity index (χ1n) is 4.82. The van der Waals surface area contributed by atoms with Crippen LogP contribution in [0.2, 0.25) is 0 Å². The van der Waals surface area contributed by atoms with Crippen LogP contribution in [0.3, 0.4) is 0 Å². The van der Waals surface area contributed by atoms with Gasteiger partial charge < -0.3 is 4.79 Å². The molecule has 0 spiro atoms. The Morgan fingerprint density at radius 1 is 1.62 bits per heavy atom. The minimum atomic E-state index is 0.150. The minimum absolute atomic E-state index is 0.150. The third kappa shape index (κ3) is 3.13. The predicted molar refractivity (Wildman–Crippen MR) is 51.4 cm³/mol. The second-order valence-electron chi connectivity index (χ2n) is 4.01. The van der Waals surface area contributed by atoms with Crippen LogP contribution >= 0.6 is 0 Å². The Balaban J connectivity index is 2.42. The van der Waals surface area contributed by atoms with Gasteiger partial charge in [0.2, 0.25) is 0 Å². The van der Waals surface area contributed by atoms with Crippen LogP contribution < -0.4 is 0 Å². The summed E-state index contributed by atoms with van der Waals surface area (Å²) in [6.07, 6.45) is 8.82. The smallest absolute Gasteiger partial charge is 0.155 e. The summed E-state index contributed by atoms with van der Waals surface area (Å²) < 4.78 is 0. The molecule has 13 heavy (non-hydrogen) atoms. The topological polar surface area (TPSA) is 34.1 Å². The molecule has 0 heterocycles. The number of unbranched alkanes of at least 4 members (excludes halogenated alkanes) is 1. The molecular weight excluding hydrogens is 164 g/mol. The molecule has 1 unspecified atom stereocenters. The Kier molecular flexibility index (Phi) is 3.40. The van der Waals surface area contributed by atoms with Gasteiger partial charge in [-0.3, -0.25) is 4.79 Å². The van der Waals surface area contributed by atoms with Crippen LogP contribution in [0.1, 0.15) is 39.0 Å². The van der Waals surface area contributed by atoms with Crippen LogP contribution in [0.4, 0.5) is 0 Å². The van der Waals surface area contributed by atoms with Gasteiger partial charge in [-0.25, -0.2) is 0 Å². The fourth-order valence-electron chi connectivity index (χ4n) is 1.67. The monoisotopic (exact) mass is 180 g/mol. The van der Waals surface area contributed by atoms with Crippen molar-refractivity contribution in [2.24, 2.45) is 5.41 Å². The molecule has 1 rings (SSSR count). The van der Waals surface area contributed by atoms with Crippen molar-refractivity contribution in [1.82, 2.24) is 0 Å². The van der Waals surface area contributed by atoms with Crippen LogP contribution in [-0.4, -0.2) is 12.1 Å². The van der Waals surface area contributed by atoms with Gasteiger partial charge in [-0.1, -0.05) is 13.0 Å². The lowest BCUT2D eigenvalue weighted by Gasteiger charge is -2.27. The highest BCUT2D eigenvalue weighted by molar-refractivity contribution is 5.90. The maximum atomic E-state index is 10.9. The first kappa shape index (κ1) is 10.2. The molecule has 0 aromatic rings. The van der Waals surface area contributed by atoms with E-state index in [1.54, 1.807) is 6.08 Å². The van der Waals surface area contributed by atoms with E-state index < -0.39 is 0 Å². The van der Waals surface area contributed by atoms with Gasteiger partial charge >= 0.3 is 0 Å². The van der Waals surface area contributed by atoms with Crippen molar-refractivity contribution in [3.8, 4) is 0 Å². The van der Waals surface area contributed by atoms with Crippen LogP contribution in [0, 0.1) is 5.41 Å². The average Bonchev–Trinajstić information content (AvgIpc) is 2.12. The molecule has 2 nitrogen and oxygen atoms in total. The maximum absolute atomic E-state index is 10.9. The molecule has 1 atom stereocenters. The predicted octanol–water partition coefficient (Wildman–Crippen LogP) is 2.28. The number of carbonyl (C=O) groups excluding carboxylic acids is 2. The number of hydrogen-bond donors (Lipinski definition) is 0. The van der Waals surface area contributed by atoms with E-state index in [0.717, 1.165) is 25.5 Å². The van der Waals surface area contributed by atoms with Gasteiger partial charge in [-0.15, -0.1) is 0 Å². The van der Waals surface area contributed by atoms with Gasteiger partial charge in [0.15, 0.2) is 5.78 Å². The summed E-state index contributed by atoms with van der Waals surface area (Å²) in [5, 5.41) is 0. The summed E-state index contributed by atoms with van der Waals surface area (Å²) in [6.45, 7) is 2.15. The van der Waals surface area contributed by atoms with Gasteiger partial charge in [0, 0.05) is 12.8 Å². The zero-order valence-corrected chi connectivity index (χ0v) is 8.08. The summed E-state index contributed by atoms with van der Waals surface area (Å²) in [5.74, 6) is 0.230. The molecular formula is C11H16O2. The van der Waals surface area contributed by atoms with Crippen molar-refractivity contribution in [3.05, 3.63) is 12.2 Å². The van der Waals surface area contributed by atoms with Crippen molar-refractivity contribution >= 4 is 12.1 Å². The number of ketones is 1. The summed E-state index contributed by atoms with van der Waals surface area (Å²) >= 11 is 0. The number of carbonyl (C=O) groups is 2. The summed E-state index contributed by atoms with van der Waals surface area (Å²) in [6, 6.07) is 0. The second kappa shape index (κ2) is 4.35. The molecule has 0 fully saturated rings. The van der Waals surface area contributed by atoms with Crippen molar-refractivity contribution in [2.75, 3.05) is 0 Å². The van der Waals surface area contributed by atoms with E-state index in [9.17, 15) is 9.59 Å². The van der Waals surface area contributed by atoms with Gasteiger partial charge in [0.1, 0.15) is 6.29 Å². The molecule has 0 radical (unpaired) electrons. The lowest BCUT2D eigenvalue weighted by atomic mass is 9.77. The SMILES string of the molecule is CC1(CCCC=O)C=CC(=O)CC1. The largest absolute Gasteiger partial charge is 0.303 e. The van der Waals surface area contributed by atoms with Gasteiger partial charge in [-0.05, 0) is 30.8 Å². The lowest BCUT2D eigenvalue weighted by Crippen LogP contribution is -2.19. The fraction of sp³-hybridized carbons (Fsp3) is 0.636. The Labute approximate surface area is 79.0 Å². The van der Waals surface area contributed by atoms with E-state index in [1.165, 1.54) is 0 Å². The van der Waals surface area contributed by atoms with Gasteiger partial charge in [0.05, 0.1) is 0 Å². The summed E-state index contributed by atoms with van der Waals surface area (Å²) in [4.78, 5) is 21.1. The summed E-state index contributed by atoms with van der Waals surface area (Å²) in [7, 11) is 0. The van der Waals surface area contributed by atoms with E-state index in [4.69, 9.17) is 0 Å².